The second kappa shape index (κ2) is 11.2. The van der Waals surface area contributed by atoms with E-state index in [-0.39, 0.29) is 11.9 Å². The number of unbranched alkanes of at least 4 members (excludes halogenated alkanes) is 1. The molecule has 2 aromatic rings. The summed E-state index contributed by atoms with van der Waals surface area (Å²) in [6.07, 6.45) is 2.80. The summed E-state index contributed by atoms with van der Waals surface area (Å²) in [5.74, 6) is -0.0348. The number of carbonyl (C=O) groups is 2. The maximum atomic E-state index is 12.7. The van der Waals surface area contributed by atoms with Crippen molar-refractivity contribution in [3.05, 3.63) is 59.2 Å². The Morgan fingerprint density at radius 3 is 2.14 bits per heavy atom. The van der Waals surface area contributed by atoms with E-state index in [4.69, 9.17) is 9.47 Å². The van der Waals surface area contributed by atoms with Crippen LogP contribution in [0.25, 0.3) is 0 Å². The minimum atomic E-state index is -0.699. The average Bonchev–Trinajstić information content (AvgIpc) is 2.74. The monoisotopic (exact) mass is 397 g/mol. The van der Waals surface area contributed by atoms with Crippen LogP contribution < -0.4 is 10.1 Å². The molecule has 1 atom stereocenters. The molecule has 5 nitrogen and oxygen atoms in total. The van der Waals surface area contributed by atoms with Crippen LogP contribution in [0.3, 0.4) is 0 Å². The molecule has 1 N–H and O–H groups in total. The molecule has 2 rings (SSSR count). The number of anilines is 1. The van der Waals surface area contributed by atoms with Crippen molar-refractivity contribution in [2.75, 3.05) is 11.9 Å². The van der Waals surface area contributed by atoms with Crippen molar-refractivity contribution in [3.63, 3.8) is 0 Å². The number of benzene rings is 2. The van der Waals surface area contributed by atoms with E-state index in [1.807, 2.05) is 25.1 Å². The third-order valence-corrected chi connectivity index (χ3v) is 4.74. The van der Waals surface area contributed by atoms with Crippen LogP contribution in [0.2, 0.25) is 0 Å². The van der Waals surface area contributed by atoms with Gasteiger partial charge in [-0.1, -0.05) is 45.4 Å². The highest BCUT2D eigenvalue weighted by atomic mass is 16.6. The number of ether oxygens (including phenoxy) is 2. The van der Waals surface area contributed by atoms with Crippen molar-refractivity contribution in [1.82, 2.24) is 0 Å². The van der Waals surface area contributed by atoms with Gasteiger partial charge in [0.05, 0.1) is 6.61 Å². The lowest BCUT2D eigenvalue weighted by Gasteiger charge is -2.15. The van der Waals surface area contributed by atoms with Crippen LogP contribution in [0.15, 0.2) is 42.5 Å². The van der Waals surface area contributed by atoms with Gasteiger partial charge in [0, 0.05) is 11.3 Å². The van der Waals surface area contributed by atoms with Crippen LogP contribution >= 0.6 is 0 Å². The molecule has 0 saturated carbocycles. The molecular weight excluding hydrogens is 366 g/mol. The first-order chi connectivity index (χ1) is 14.0. The quantitative estimate of drug-likeness (QED) is 0.443. The molecule has 2 aromatic carbocycles. The number of para-hydroxylation sites is 1. The van der Waals surface area contributed by atoms with E-state index in [1.165, 1.54) is 0 Å². The predicted octanol–water partition coefficient (Wildman–Crippen LogP) is 5.17. The SMILES string of the molecule is CCCCOC(=O)[C@@H](C)Oc1ccc(C(=O)Nc2c(CC)cccc2CC)cc1. The van der Waals surface area contributed by atoms with Gasteiger partial charge < -0.3 is 14.8 Å². The maximum Gasteiger partial charge on any atom is 0.347 e. The van der Waals surface area contributed by atoms with Gasteiger partial charge in [0.25, 0.3) is 5.91 Å². The first-order valence-electron chi connectivity index (χ1n) is 10.4. The Kier molecular flexibility index (Phi) is 8.71. The molecule has 0 fully saturated rings. The Bertz CT molecular complexity index is 792. The normalized spacial score (nSPS) is 11.6. The van der Waals surface area contributed by atoms with Gasteiger partial charge in [0.15, 0.2) is 6.10 Å². The maximum absolute atomic E-state index is 12.7. The lowest BCUT2D eigenvalue weighted by Crippen LogP contribution is -2.26. The lowest BCUT2D eigenvalue weighted by molar-refractivity contribution is -0.151. The van der Waals surface area contributed by atoms with Crippen LogP contribution in [-0.2, 0) is 22.4 Å². The summed E-state index contributed by atoms with van der Waals surface area (Å²) >= 11 is 0. The van der Waals surface area contributed by atoms with Gasteiger partial charge >= 0.3 is 5.97 Å². The number of amides is 1. The van der Waals surface area contributed by atoms with Crippen molar-refractivity contribution in [1.29, 1.82) is 0 Å². The van der Waals surface area contributed by atoms with E-state index >= 15 is 0 Å². The summed E-state index contributed by atoms with van der Waals surface area (Å²) < 4.78 is 10.8. The van der Waals surface area contributed by atoms with Crippen LogP contribution in [0.5, 0.6) is 5.75 Å². The Labute approximate surface area is 173 Å². The standard InChI is InChI=1S/C24H31NO4/c1-5-8-16-28-24(27)17(4)29-21-14-12-20(13-15-21)23(26)25-22-18(6-2)10-9-11-19(22)7-3/h9-15,17H,5-8,16H2,1-4H3,(H,25,26)/t17-/m1/s1. The zero-order valence-electron chi connectivity index (χ0n) is 17.8. The fourth-order valence-electron chi connectivity index (χ4n) is 2.96. The third-order valence-electron chi connectivity index (χ3n) is 4.74. The lowest BCUT2D eigenvalue weighted by atomic mass is 10.0. The summed E-state index contributed by atoms with van der Waals surface area (Å²) in [5.41, 5.74) is 3.66. The zero-order valence-corrected chi connectivity index (χ0v) is 17.8. The molecule has 0 unspecified atom stereocenters. The van der Waals surface area contributed by atoms with E-state index in [0.717, 1.165) is 42.5 Å². The molecule has 0 heterocycles. The highest BCUT2D eigenvalue weighted by Crippen LogP contribution is 2.24. The predicted molar refractivity (Wildman–Crippen MR) is 116 cm³/mol. The van der Waals surface area contributed by atoms with E-state index in [1.54, 1.807) is 31.2 Å². The van der Waals surface area contributed by atoms with Gasteiger partial charge in [-0.2, -0.15) is 0 Å². The van der Waals surface area contributed by atoms with Crippen molar-refractivity contribution >= 4 is 17.6 Å². The molecule has 0 spiro atoms. The number of hydrogen-bond acceptors (Lipinski definition) is 4. The molecule has 0 aromatic heterocycles. The molecule has 0 aliphatic heterocycles. The molecular formula is C24H31NO4. The molecule has 0 saturated heterocycles. The number of rotatable bonds is 10. The van der Waals surface area contributed by atoms with Crippen molar-refractivity contribution in [2.45, 2.75) is 59.5 Å². The van der Waals surface area contributed by atoms with Crippen LogP contribution in [0.1, 0.15) is 62.0 Å². The van der Waals surface area contributed by atoms with Crippen LogP contribution in [-0.4, -0.2) is 24.6 Å². The molecule has 156 valence electrons. The summed E-state index contributed by atoms with van der Waals surface area (Å²) in [5, 5.41) is 3.05. The summed E-state index contributed by atoms with van der Waals surface area (Å²) in [6.45, 7) is 8.25. The third kappa shape index (κ3) is 6.34. The van der Waals surface area contributed by atoms with Gasteiger partial charge in [-0.25, -0.2) is 4.79 Å². The highest BCUT2D eigenvalue weighted by Gasteiger charge is 2.17. The fourth-order valence-corrected chi connectivity index (χ4v) is 2.96. The number of nitrogens with one attached hydrogen (secondary N) is 1. The summed E-state index contributed by atoms with van der Waals surface area (Å²) in [6, 6.07) is 12.9. The van der Waals surface area contributed by atoms with Crippen molar-refractivity contribution in [2.24, 2.45) is 0 Å². The Balaban J connectivity index is 2.01. The largest absolute Gasteiger partial charge is 0.479 e. The molecule has 0 radical (unpaired) electrons. The topological polar surface area (TPSA) is 64.6 Å². The van der Waals surface area contributed by atoms with Crippen LogP contribution in [0, 0.1) is 0 Å². The second-order valence-corrected chi connectivity index (χ2v) is 6.92. The number of aryl methyl sites for hydroxylation is 2. The molecule has 29 heavy (non-hydrogen) atoms. The molecule has 5 heteroatoms. The highest BCUT2D eigenvalue weighted by molar-refractivity contribution is 6.05. The first kappa shape index (κ1) is 22.5. The Hall–Kier alpha value is -2.82. The van der Waals surface area contributed by atoms with Gasteiger partial charge in [-0.3, -0.25) is 4.79 Å². The molecule has 0 aliphatic rings. The van der Waals surface area contributed by atoms with Gasteiger partial charge in [-0.05, 0) is 61.6 Å². The Morgan fingerprint density at radius 1 is 0.966 bits per heavy atom. The van der Waals surface area contributed by atoms with E-state index in [9.17, 15) is 9.59 Å². The smallest absolute Gasteiger partial charge is 0.347 e. The van der Waals surface area contributed by atoms with Gasteiger partial charge in [0.1, 0.15) is 5.75 Å². The summed E-state index contributed by atoms with van der Waals surface area (Å²) in [7, 11) is 0. The average molecular weight is 398 g/mol. The Morgan fingerprint density at radius 2 is 1.59 bits per heavy atom. The van der Waals surface area contributed by atoms with E-state index in [0.29, 0.717) is 17.9 Å². The minimum Gasteiger partial charge on any atom is -0.479 e. The minimum absolute atomic E-state index is 0.167. The number of hydrogen-bond donors (Lipinski definition) is 1. The van der Waals surface area contributed by atoms with Crippen LogP contribution in [0.4, 0.5) is 5.69 Å². The second-order valence-electron chi connectivity index (χ2n) is 6.92. The fraction of sp³-hybridized carbons (Fsp3) is 0.417. The van der Waals surface area contributed by atoms with Crippen molar-refractivity contribution in [3.8, 4) is 5.75 Å². The first-order valence-corrected chi connectivity index (χ1v) is 10.4. The number of esters is 1. The molecule has 0 bridgehead atoms. The van der Waals surface area contributed by atoms with E-state index < -0.39 is 6.10 Å². The van der Waals surface area contributed by atoms with Crippen molar-refractivity contribution < 1.29 is 19.1 Å². The van der Waals surface area contributed by atoms with Gasteiger partial charge in [0.2, 0.25) is 0 Å². The van der Waals surface area contributed by atoms with Gasteiger partial charge in [-0.15, -0.1) is 0 Å². The molecule has 1 amide bonds. The summed E-state index contributed by atoms with van der Waals surface area (Å²) in [4.78, 5) is 24.6. The number of carbonyl (C=O) groups excluding carboxylic acids is 2. The van der Waals surface area contributed by atoms with E-state index in [2.05, 4.69) is 19.2 Å². The zero-order chi connectivity index (χ0) is 21.2. The molecule has 0 aliphatic carbocycles.